The van der Waals surface area contributed by atoms with Crippen molar-refractivity contribution in [2.75, 3.05) is 5.73 Å². The highest BCUT2D eigenvalue weighted by molar-refractivity contribution is 6.30. The van der Waals surface area contributed by atoms with Gasteiger partial charge in [-0.15, -0.1) is 0 Å². The van der Waals surface area contributed by atoms with Gasteiger partial charge in [0, 0.05) is 28.3 Å². The summed E-state index contributed by atoms with van der Waals surface area (Å²) in [4.78, 5) is 38.9. The normalized spacial score (nSPS) is 12.4. The van der Waals surface area contributed by atoms with Gasteiger partial charge < -0.3 is 10.8 Å². The molecule has 0 radical (unpaired) electrons. The van der Waals surface area contributed by atoms with Gasteiger partial charge in [-0.05, 0) is 86.1 Å². The first-order valence-electron chi connectivity index (χ1n) is 16.9. The highest BCUT2D eigenvalue weighted by atomic mass is 35.5. The van der Waals surface area contributed by atoms with E-state index in [9.17, 15) is 19.1 Å². The standard InChI is InChI=1S/C30H35ClN4O3.C8H9F.C2H6/c1-7-10-17(3)22-16-20(31)14-15-21(22)18(4)28-33-19(5)26(27(32)35-28)30(6,25(36)11-8-2)24-13-9-12-23(34-24)29(37)38;1-2-7-5-3-4-6-8(7)9;1-2/h9,12-17H,4,7-8,10-11H2,1-3,5-6H3,(H,37,38)(H2,32,33,35);3-6H,2H2,1H3;1-2H3. The van der Waals surface area contributed by atoms with Crippen LogP contribution in [0.1, 0.15) is 130 Å². The lowest BCUT2D eigenvalue weighted by Gasteiger charge is -2.30. The molecule has 2 atom stereocenters. The van der Waals surface area contributed by atoms with E-state index in [-0.39, 0.29) is 41.1 Å². The molecule has 4 aromatic rings. The quantitative estimate of drug-likeness (QED) is 0.152. The van der Waals surface area contributed by atoms with Gasteiger partial charge in [0.1, 0.15) is 23.1 Å². The smallest absolute Gasteiger partial charge is 0.354 e. The number of anilines is 1. The summed E-state index contributed by atoms with van der Waals surface area (Å²) in [7, 11) is 0. The number of halogens is 2. The average molecular weight is 689 g/mol. The Kier molecular flexibility index (Phi) is 15.7. The molecular weight excluding hydrogens is 639 g/mol. The Morgan fingerprint density at radius 2 is 1.67 bits per heavy atom. The lowest BCUT2D eigenvalue weighted by Crippen LogP contribution is -2.37. The SMILES string of the molecule is C=C(c1nc(C)c(C(C)(C(=O)CCC)c2cccc(C(=O)O)n2)c(N)n1)c1ccc(Cl)cc1C(C)CCC.CC.CCc1ccccc1F. The Morgan fingerprint density at radius 1 is 1.00 bits per heavy atom. The van der Waals surface area contributed by atoms with E-state index in [2.05, 4.69) is 30.4 Å². The molecule has 0 amide bonds. The van der Waals surface area contributed by atoms with Gasteiger partial charge in [-0.25, -0.2) is 24.1 Å². The van der Waals surface area contributed by atoms with E-state index in [0.717, 1.165) is 36.0 Å². The molecule has 7 nitrogen and oxygen atoms in total. The van der Waals surface area contributed by atoms with Crippen molar-refractivity contribution in [2.45, 2.75) is 98.8 Å². The molecule has 49 heavy (non-hydrogen) atoms. The second kappa shape index (κ2) is 18.9. The number of nitrogen functional groups attached to an aromatic ring is 1. The number of ketones is 1. The molecule has 2 aromatic carbocycles. The molecule has 9 heteroatoms. The topological polar surface area (TPSA) is 119 Å². The Bertz CT molecular complexity index is 1740. The highest BCUT2D eigenvalue weighted by Crippen LogP contribution is 2.39. The van der Waals surface area contributed by atoms with Gasteiger partial charge in [-0.1, -0.05) is 96.5 Å². The lowest BCUT2D eigenvalue weighted by molar-refractivity contribution is -0.122. The Morgan fingerprint density at radius 3 is 2.22 bits per heavy atom. The first kappa shape index (κ1) is 40.7. The Hall–Kier alpha value is -4.43. The molecule has 2 unspecified atom stereocenters. The van der Waals surface area contributed by atoms with Gasteiger partial charge in [0.05, 0.1) is 11.1 Å². The number of carboxylic acids is 1. The van der Waals surface area contributed by atoms with E-state index >= 15 is 0 Å². The second-order valence-electron chi connectivity index (χ2n) is 11.7. The summed E-state index contributed by atoms with van der Waals surface area (Å²) in [6, 6.07) is 17.1. The van der Waals surface area contributed by atoms with Crippen LogP contribution < -0.4 is 5.73 Å². The molecule has 4 rings (SSSR count). The third-order valence-corrected chi connectivity index (χ3v) is 8.57. The first-order chi connectivity index (χ1) is 23.3. The van der Waals surface area contributed by atoms with Crippen LogP contribution in [0, 0.1) is 12.7 Å². The van der Waals surface area contributed by atoms with Crippen LogP contribution in [0.5, 0.6) is 0 Å². The largest absolute Gasteiger partial charge is 0.477 e. The number of Topliss-reactive ketones (excluding diaryl/α,β-unsaturated/α-hetero) is 1. The molecule has 0 saturated carbocycles. The van der Waals surface area contributed by atoms with Crippen LogP contribution in [0.2, 0.25) is 5.02 Å². The van der Waals surface area contributed by atoms with Crippen LogP contribution in [-0.4, -0.2) is 31.8 Å². The summed E-state index contributed by atoms with van der Waals surface area (Å²) < 4.78 is 12.6. The van der Waals surface area contributed by atoms with Crippen molar-refractivity contribution < 1.29 is 19.1 Å². The minimum atomic E-state index is -1.34. The van der Waals surface area contributed by atoms with Crippen LogP contribution in [-0.2, 0) is 16.6 Å². The minimum Gasteiger partial charge on any atom is -0.477 e. The van der Waals surface area contributed by atoms with E-state index in [1.165, 1.54) is 12.1 Å². The summed E-state index contributed by atoms with van der Waals surface area (Å²) in [6.45, 7) is 19.9. The number of carbonyl (C=O) groups is 2. The Balaban J connectivity index is 0.000000647. The molecule has 0 fully saturated rings. The molecular formula is C40H50ClFN4O3. The molecule has 3 N–H and O–H groups in total. The van der Waals surface area contributed by atoms with Crippen LogP contribution >= 0.6 is 11.6 Å². The zero-order valence-corrected chi connectivity index (χ0v) is 30.8. The van der Waals surface area contributed by atoms with E-state index < -0.39 is 11.4 Å². The zero-order chi connectivity index (χ0) is 36.9. The van der Waals surface area contributed by atoms with Crippen molar-refractivity contribution in [3.63, 3.8) is 0 Å². The van der Waals surface area contributed by atoms with Crippen molar-refractivity contribution in [3.05, 3.63) is 123 Å². The predicted molar refractivity (Wildman–Crippen MR) is 199 cm³/mol. The van der Waals surface area contributed by atoms with Crippen LogP contribution in [0.3, 0.4) is 0 Å². The molecule has 0 aliphatic rings. The van der Waals surface area contributed by atoms with Gasteiger partial charge in [-0.3, -0.25) is 4.79 Å². The van der Waals surface area contributed by atoms with E-state index in [0.29, 0.717) is 34.1 Å². The molecule has 0 bridgehead atoms. The van der Waals surface area contributed by atoms with Crippen molar-refractivity contribution in [2.24, 2.45) is 0 Å². The number of hydrogen-bond donors (Lipinski definition) is 2. The van der Waals surface area contributed by atoms with Crippen LogP contribution in [0.25, 0.3) is 5.57 Å². The van der Waals surface area contributed by atoms with Gasteiger partial charge in [-0.2, -0.15) is 0 Å². The Labute approximate surface area is 295 Å². The summed E-state index contributed by atoms with van der Waals surface area (Å²) in [5.74, 6) is -0.686. The average Bonchev–Trinajstić information content (AvgIpc) is 3.09. The van der Waals surface area contributed by atoms with Gasteiger partial charge in [0.15, 0.2) is 5.82 Å². The number of nitrogens with zero attached hydrogens (tertiary/aromatic N) is 3. The minimum absolute atomic E-state index is 0.0972. The van der Waals surface area contributed by atoms with E-state index in [4.69, 9.17) is 22.3 Å². The molecule has 0 aliphatic carbocycles. The number of aromatic nitrogens is 3. The monoisotopic (exact) mass is 688 g/mol. The number of aromatic carboxylic acids is 1. The van der Waals surface area contributed by atoms with Crippen LogP contribution in [0.15, 0.2) is 67.2 Å². The molecule has 0 spiro atoms. The summed E-state index contributed by atoms with van der Waals surface area (Å²) in [5, 5.41) is 10.1. The lowest BCUT2D eigenvalue weighted by atomic mass is 9.73. The van der Waals surface area contributed by atoms with E-state index in [1.807, 2.05) is 52.0 Å². The number of rotatable bonds is 12. The molecule has 2 heterocycles. The number of hydrogen-bond acceptors (Lipinski definition) is 6. The van der Waals surface area contributed by atoms with Gasteiger partial charge in [0.25, 0.3) is 0 Å². The molecule has 0 aliphatic heterocycles. The third-order valence-electron chi connectivity index (χ3n) is 8.33. The third kappa shape index (κ3) is 9.82. The number of nitrogens with two attached hydrogens (primary N) is 1. The van der Waals surface area contributed by atoms with Gasteiger partial charge in [0.2, 0.25) is 0 Å². The molecule has 0 saturated heterocycles. The molecule has 2 aromatic heterocycles. The fourth-order valence-electron chi connectivity index (χ4n) is 5.78. The fraction of sp³-hybridized carbons (Fsp3) is 0.375. The van der Waals surface area contributed by atoms with Gasteiger partial charge >= 0.3 is 5.97 Å². The number of carbonyl (C=O) groups excluding carboxylic acids is 1. The van der Waals surface area contributed by atoms with Crippen LogP contribution in [0.4, 0.5) is 10.2 Å². The van der Waals surface area contributed by atoms with Crippen molar-refractivity contribution >= 4 is 34.7 Å². The van der Waals surface area contributed by atoms with Crippen molar-refractivity contribution in [1.29, 1.82) is 0 Å². The zero-order valence-electron chi connectivity index (χ0n) is 30.0. The maximum Gasteiger partial charge on any atom is 0.354 e. The number of pyridine rings is 1. The number of carboxylic acid groups (broad SMARTS) is 1. The fourth-order valence-corrected chi connectivity index (χ4v) is 5.96. The van der Waals surface area contributed by atoms with Crippen molar-refractivity contribution in [1.82, 2.24) is 15.0 Å². The molecule has 262 valence electrons. The summed E-state index contributed by atoms with van der Waals surface area (Å²) in [5.41, 5.74) is 9.61. The first-order valence-corrected chi connectivity index (χ1v) is 17.3. The summed E-state index contributed by atoms with van der Waals surface area (Å²) in [6.07, 6.45) is 3.65. The highest BCUT2D eigenvalue weighted by Gasteiger charge is 2.42. The summed E-state index contributed by atoms with van der Waals surface area (Å²) >= 11 is 6.32. The second-order valence-corrected chi connectivity index (χ2v) is 12.2. The number of aryl methyl sites for hydroxylation is 2. The van der Waals surface area contributed by atoms with E-state index in [1.54, 1.807) is 38.1 Å². The number of benzene rings is 2. The van der Waals surface area contributed by atoms with Crippen molar-refractivity contribution in [3.8, 4) is 0 Å². The maximum absolute atomic E-state index is 13.6. The predicted octanol–water partition coefficient (Wildman–Crippen LogP) is 10.2. The maximum atomic E-state index is 13.6.